The maximum atomic E-state index is 2.48. The molecular formula is C54H34. The molecule has 0 fully saturated rings. The van der Waals surface area contributed by atoms with Gasteiger partial charge in [0.25, 0.3) is 0 Å². The second-order valence-corrected chi connectivity index (χ2v) is 14.3. The van der Waals surface area contributed by atoms with Gasteiger partial charge in [0, 0.05) is 0 Å². The molecule has 0 saturated heterocycles. The first-order chi connectivity index (χ1) is 26.8. The number of benzene rings is 11. The van der Waals surface area contributed by atoms with Crippen molar-refractivity contribution in [3.8, 4) is 55.6 Å². The maximum Gasteiger partial charge on any atom is -0.00141 e. The molecule has 0 aliphatic carbocycles. The summed E-state index contributed by atoms with van der Waals surface area (Å²) in [5.74, 6) is 0. The average molecular weight is 683 g/mol. The van der Waals surface area contributed by atoms with E-state index in [1.54, 1.807) is 0 Å². The van der Waals surface area contributed by atoms with Crippen LogP contribution in [0.5, 0.6) is 0 Å². The van der Waals surface area contributed by atoms with E-state index < -0.39 is 0 Å². The quantitative estimate of drug-likeness (QED) is 0.159. The first-order valence-electron chi connectivity index (χ1n) is 18.8. The number of hydrogen-bond donors (Lipinski definition) is 0. The Morgan fingerprint density at radius 3 is 1.30 bits per heavy atom. The molecule has 11 aromatic carbocycles. The van der Waals surface area contributed by atoms with Gasteiger partial charge in [-0.3, -0.25) is 0 Å². The molecular weight excluding hydrogens is 649 g/mol. The van der Waals surface area contributed by atoms with Crippen molar-refractivity contribution in [2.24, 2.45) is 0 Å². The van der Waals surface area contributed by atoms with E-state index in [4.69, 9.17) is 0 Å². The third-order valence-electron chi connectivity index (χ3n) is 11.4. The van der Waals surface area contributed by atoms with E-state index in [1.165, 1.54) is 109 Å². The Balaban J connectivity index is 1.29. The van der Waals surface area contributed by atoms with Crippen LogP contribution in [0.2, 0.25) is 0 Å². The summed E-state index contributed by atoms with van der Waals surface area (Å²) in [4.78, 5) is 0. The van der Waals surface area contributed by atoms with E-state index in [0.717, 1.165) is 0 Å². The molecule has 0 radical (unpaired) electrons. The molecule has 11 rings (SSSR count). The van der Waals surface area contributed by atoms with E-state index in [9.17, 15) is 0 Å². The topological polar surface area (TPSA) is 0 Å². The van der Waals surface area contributed by atoms with Crippen molar-refractivity contribution in [1.29, 1.82) is 0 Å². The van der Waals surface area contributed by atoms with Crippen molar-refractivity contribution in [1.82, 2.24) is 0 Å². The lowest BCUT2D eigenvalue weighted by Crippen LogP contribution is -1.94. The number of hydrogen-bond acceptors (Lipinski definition) is 0. The lowest BCUT2D eigenvalue weighted by molar-refractivity contribution is 1.60. The van der Waals surface area contributed by atoms with Gasteiger partial charge in [0.15, 0.2) is 0 Å². The molecule has 0 aliphatic rings. The van der Waals surface area contributed by atoms with Crippen molar-refractivity contribution < 1.29 is 0 Å². The molecule has 250 valence electrons. The Bertz CT molecular complexity index is 3190. The zero-order valence-corrected chi connectivity index (χ0v) is 29.6. The first kappa shape index (κ1) is 30.6. The highest BCUT2D eigenvalue weighted by molar-refractivity contribution is 6.31. The van der Waals surface area contributed by atoms with Crippen molar-refractivity contribution >= 4 is 53.9 Å². The second-order valence-electron chi connectivity index (χ2n) is 14.3. The minimum atomic E-state index is 1.22. The molecule has 0 nitrogen and oxygen atoms in total. The fraction of sp³-hybridized carbons (Fsp3) is 0. The molecule has 0 heterocycles. The minimum Gasteiger partial charge on any atom is -0.0622 e. The van der Waals surface area contributed by atoms with Crippen molar-refractivity contribution in [2.45, 2.75) is 0 Å². The predicted molar refractivity (Wildman–Crippen MR) is 232 cm³/mol. The Morgan fingerprint density at radius 2 is 0.630 bits per heavy atom. The van der Waals surface area contributed by atoms with Crippen molar-refractivity contribution in [3.63, 3.8) is 0 Å². The largest absolute Gasteiger partial charge is 0.0622 e. The fourth-order valence-electron chi connectivity index (χ4n) is 9.03. The van der Waals surface area contributed by atoms with Gasteiger partial charge in [0.1, 0.15) is 0 Å². The van der Waals surface area contributed by atoms with Gasteiger partial charge in [0.05, 0.1) is 0 Å². The van der Waals surface area contributed by atoms with E-state index >= 15 is 0 Å². The van der Waals surface area contributed by atoms with Crippen LogP contribution in [0.25, 0.3) is 109 Å². The highest BCUT2D eigenvalue weighted by atomic mass is 14.2. The van der Waals surface area contributed by atoms with Crippen LogP contribution in [0.1, 0.15) is 0 Å². The monoisotopic (exact) mass is 682 g/mol. The van der Waals surface area contributed by atoms with E-state index in [1.807, 2.05) is 0 Å². The SMILES string of the molecule is c1ccc(-c2ccccc2-c2ccc3ccc4c(-c5ccccc5-c5ccccc5)cc(-c5cc6ccccc6c6ccccc56)c5ccc2c3c45)cc1. The minimum absolute atomic E-state index is 1.22. The first-order valence-corrected chi connectivity index (χ1v) is 18.8. The lowest BCUT2D eigenvalue weighted by atomic mass is 9.81. The molecule has 0 N–H and O–H groups in total. The highest BCUT2D eigenvalue weighted by Gasteiger charge is 2.22. The van der Waals surface area contributed by atoms with Crippen LogP contribution in [0, 0.1) is 0 Å². The zero-order valence-electron chi connectivity index (χ0n) is 29.6. The molecule has 0 amide bonds. The van der Waals surface area contributed by atoms with E-state index in [2.05, 4.69) is 206 Å². The molecule has 0 spiro atoms. The summed E-state index contributed by atoms with van der Waals surface area (Å²) in [6.07, 6.45) is 0. The molecule has 0 heteroatoms. The molecule has 0 bridgehead atoms. The Hall–Kier alpha value is -7.02. The van der Waals surface area contributed by atoms with Crippen LogP contribution in [-0.2, 0) is 0 Å². The summed E-state index contributed by atoms with van der Waals surface area (Å²) in [7, 11) is 0. The lowest BCUT2D eigenvalue weighted by Gasteiger charge is -2.22. The smallest absolute Gasteiger partial charge is 0.00141 e. The van der Waals surface area contributed by atoms with E-state index in [-0.39, 0.29) is 0 Å². The summed E-state index contributed by atoms with van der Waals surface area (Å²) < 4.78 is 0. The number of rotatable bonds is 5. The van der Waals surface area contributed by atoms with Crippen LogP contribution in [0.4, 0.5) is 0 Å². The van der Waals surface area contributed by atoms with Crippen LogP contribution in [0.15, 0.2) is 206 Å². The van der Waals surface area contributed by atoms with Gasteiger partial charge in [-0.1, -0.05) is 194 Å². The number of fused-ring (bicyclic) bond motifs is 3. The predicted octanol–water partition coefficient (Wildman–Crippen LogP) is 15.2. The highest BCUT2D eigenvalue weighted by Crippen LogP contribution is 2.49. The molecule has 0 unspecified atom stereocenters. The third-order valence-corrected chi connectivity index (χ3v) is 11.4. The van der Waals surface area contributed by atoms with Crippen LogP contribution in [0.3, 0.4) is 0 Å². The van der Waals surface area contributed by atoms with Crippen LogP contribution in [-0.4, -0.2) is 0 Å². The van der Waals surface area contributed by atoms with Crippen molar-refractivity contribution in [2.75, 3.05) is 0 Å². The summed E-state index contributed by atoms with van der Waals surface area (Å²) in [6.45, 7) is 0. The maximum absolute atomic E-state index is 2.48. The average Bonchev–Trinajstić information content (AvgIpc) is 3.25. The Labute approximate surface area is 314 Å². The van der Waals surface area contributed by atoms with Crippen LogP contribution < -0.4 is 0 Å². The summed E-state index contributed by atoms with van der Waals surface area (Å²) in [6, 6.07) is 76.1. The Morgan fingerprint density at radius 1 is 0.185 bits per heavy atom. The molecule has 0 aliphatic heterocycles. The van der Waals surface area contributed by atoms with Gasteiger partial charge in [-0.2, -0.15) is 0 Å². The zero-order chi connectivity index (χ0) is 35.6. The van der Waals surface area contributed by atoms with Gasteiger partial charge in [-0.05, 0) is 122 Å². The van der Waals surface area contributed by atoms with Gasteiger partial charge >= 0.3 is 0 Å². The van der Waals surface area contributed by atoms with E-state index in [0.29, 0.717) is 0 Å². The van der Waals surface area contributed by atoms with Gasteiger partial charge in [-0.25, -0.2) is 0 Å². The molecule has 11 aromatic rings. The standard InChI is InChI=1S/C54H34/c1-3-15-35(16-4-1)39-20-9-11-23-42(39)46-29-27-37-28-30-48-51(44-25-12-10-21-40(44)36-17-5-2-6-18-36)34-52(49-32-31-47(46)53(37)54(48)49)50-33-38-19-7-8-22-41(38)43-24-13-14-26-45(43)50/h1-34H. The molecule has 0 atom stereocenters. The normalized spacial score (nSPS) is 11.7. The summed E-state index contributed by atoms with van der Waals surface area (Å²) in [5.41, 5.74) is 12.4. The molecule has 54 heavy (non-hydrogen) atoms. The van der Waals surface area contributed by atoms with Gasteiger partial charge < -0.3 is 0 Å². The summed E-state index contributed by atoms with van der Waals surface area (Å²) >= 11 is 0. The summed E-state index contributed by atoms with van der Waals surface area (Å²) in [5, 5.41) is 12.8. The van der Waals surface area contributed by atoms with Crippen molar-refractivity contribution in [3.05, 3.63) is 206 Å². The van der Waals surface area contributed by atoms with Gasteiger partial charge in [-0.15, -0.1) is 0 Å². The molecule has 0 aromatic heterocycles. The second kappa shape index (κ2) is 12.3. The Kier molecular flexibility index (Phi) is 6.97. The molecule has 0 saturated carbocycles. The third kappa shape index (κ3) is 4.71. The van der Waals surface area contributed by atoms with Crippen LogP contribution >= 0.6 is 0 Å². The van der Waals surface area contributed by atoms with Gasteiger partial charge in [0.2, 0.25) is 0 Å². The fourth-order valence-corrected chi connectivity index (χ4v) is 9.03.